The van der Waals surface area contributed by atoms with Crippen molar-refractivity contribution in [1.82, 2.24) is 9.21 Å². The number of sulfonamides is 1. The molecule has 1 atom stereocenters. The highest BCUT2D eigenvalue weighted by molar-refractivity contribution is 7.88. The molecule has 0 bridgehead atoms. The molecule has 6 heteroatoms. The number of hydrogen-bond acceptors (Lipinski definition) is 4. The van der Waals surface area contributed by atoms with Gasteiger partial charge >= 0.3 is 0 Å². The predicted molar refractivity (Wildman–Crippen MR) is 101 cm³/mol. The molecular formula is C20H26N2O3S. The normalized spacial score (nSPS) is 24.7. The minimum Gasteiger partial charge on any atom is -0.465 e. The third kappa shape index (κ3) is 3.72. The maximum absolute atomic E-state index is 12.8. The standard InChI is InChI=1S/C20H26N2O3S/c1-17-7-8-19(25-17)13-21-11-9-20(15-21)10-12-22(16-20)26(23,24)14-18-5-3-2-4-6-18/h2-8H,9-16H2,1H3/t20-/m0/s1. The number of benzene rings is 1. The van der Waals surface area contributed by atoms with E-state index < -0.39 is 10.0 Å². The second kappa shape index (κ2) is 6.83. The van der Waals surface area contributed by atoms with Crippen LogP contribution in [0.2, 0.25) is 0 Å². The lowest BCUT2D eigenvalue weighted by Crippen LogP contribution is -2.34. The predicted octanol–water partition coefficient (Wildman–Crippen LogP) is 3.02. The SMILES string of the molecule is Cc1ccc(CN2CC[C@]3(CCN(S(=O)(=O)Cc4ccccc4)C3)C2)o1. The quantitative estimate of drug-likeness (QED) is 0.807. The largest absolute Gasteiger partial charge is 0.465 e. The van der Waals surface area contributed by atoms with Crippen LogP contribution in [0.25, 0.3) is 0 Å². The van der Waals surface area contributed by atoms with Crippen molar-refractivity contribution >= 4 is 10.0 Å². The highest BCUT2D eigenvalue weighted by atomic mass is 32.2. The van der Waals surface area contributed by atoms with Crippen molar-refractivity contribution in [2.24, 2.45) is 5.41 Å². The fourth-order valence-corrected chi connectivity index (χ4v) is 5.93. The van der Waals surface area contributed by atoms with Crippen LogP contribution in [0, 0.1) is 12.3 Å². The Morgan fingerprint density at radius 3 is 2.54 bits per heavy atom. The average molecular weight is 375 g/mol. The topological polar surface area (TPSA) is 53.8 Å². The van der Waals surface area contributed by atoms with Crippen LogP contribution in [0.1, 0.15) is 29.9 Å². The first-order valence-corrected chi connectivity index (χ1v) is 10.8. The van der Waals surface area contributed by atoms with Crippen molar-refractivity contribution < 1.29 is 12.8 Å². The molecule has 0 saturated carbocycles. The molecule has 2 aromatic rings. The molecule has 26 heavy (non-hydrogen) atoms. The third-order valence-corrected chi connectivity index (χ3v) is 7.48. The molecule has 0 aliphatic carbocycles. The summed E-state index contributed by atoms with van der Waals surface area (Å²) in [6, 6.07) is 13.5. The Labute approximate surface area is 155 Å². The van der Waals surface area contributed by atoms with E-state index in [9.17, 15) is 8.42 Å². The zero-order chi connectivity index (χ0) is 18.2. The number of likely N-dealkylation sites (tertiary alicyclic amines) is 1. The second-order valence-corrected chi connectivity index (χ2v) is 9.77. The van der Waals surface area contributed by atoms with Crippen LogP contribution in [0.5, 0.6) is 0 Å². The molecule has 140 valence electrons. The Kier molecular flexibility index (Phi) is 4.67. The molecule has 0 amide bonds. The molecule has 0 radical (unpaired) electrons. The minimum absolute atomic E-state index is 0.0965. The smallest absolute Gasteiger partial charge is 0.218 e. The lowest BCUT2D eigenvalue weighted by atomic mass is 9.87. The van der Waals surface area contributed by atoms with E-state index in [1.54, 1.807) is 4.31 Å². The first kappa shape index (κ1) is 17.8. The average Bonchev–Trinajstić information content (AvgIpc) is 3.31. The van der Waals surface area contributed by atoms with E-state index in [2.05, 4.69) is 4.90 Å². The van der Waals surface area contributed by atoms with E-state index in [1.165, 1.54) is 0 Å². The van der Waals surface area contributed by atoms with Gasteiger partial charge in [-0.1, -0.05) is 30.3 Å². The highest BCUT2D eigenvalue weighted by Gasteiger charge is 2.46. The number of furan rings is 1. The maximum atomic E-state index is 12.8. The summed E-state index contributed by atoms with van der Waals surface area (Å²) in [7, 11) is -3.25. The monoisotopic (exact) mass is 374 g/mol. The molecule has 3 heterocycles. The number of hydrogen-bond donors (Lipinski definition) is 0. The van der Waals surface area contributed by atoms with E-state index in [0.29, 0.717) is 13.1 Å². The molecule has 2 saturated heterocycles. The Balaban J connectivity index is 1.38. The Hall–Kier alpha value is -1.63. The van der Waals surface area contributed by atoms with Gasteiger partial charge in [0.2, 0.25) is 10.0 Å². The lowest BCUT2D eigenvalue weighted by molar-refractivity contribution is 0.244. The number of aryl methyl sites for hydroxylation is 1. The molecular weight excluding hydrogens is 348 g/mol. The van der Waals surface area contributed by atoms with Crippen LogP contribution in [0.4, 0.5) is 0 Å². The molecule has 1 aromatic heterocycles. The zero-order valence-corrected chi connectivity index (χ0v) is 16.0. The van der Waals surface area contributed by atoms with Gasteiger partial charge in [-0.25, -0.2) is 12.7 Å². The van der Waals surface area contributed by atoms with Gasteiger partial charge in [0.25, 0.3) is 0 Å². The van der Waals surface area contributed by atoms with E-state index in [4.69, 9.17) is 4.42 Å². The molecule has 1 aromatic carbocycles. The van der Waals surface area contributed by atoms with Gasteiger partial charge in [-0.05, 0) is 49.4 Å². The summed E-state index contributed by atoms with van der Waals surface area (Å²) in [5.41, 5.74) is 0.959. The molecule has 4 rings (SSSR count). The van der Waals surface area contributed by atoms with Gasteiger partial charge in [0, 0.05) is 19.6 Å². The van der Waals surface area contributed by atoms with Crippen molar-refractivity contribution in [3.05, 3.63) is 59.5 Å². The van der Waals surface area contributed by atoms with Gasteiger partial charge in [-0.2, -0.15) is 0 Å². The molecule has 1 spiro atoms. The minimum atomic E-state index is -3.25. The van der Waals surface area contributed by atoms with E-state index in [0.717, 1.165) is 49.6 Å². The van der Waals surface area contributed by atoms with Gasteiger partial charge in [0.1, 0.15) is 11.5 Å². The summed E-state index contributed by atoms with van der Waals surface area (Å²) < 4.78 is 33.0. The van der Waals surface area contributed by atoms with Gasteiger partial charge in [-0.3, -0.25) is 4.90 Å². The molecule has 2 aliphatic rings. The summed E-state index contributed by atoms with van der Waals surface area (Å²) in [6.07, 6.45) is 2.01. The van der Waals surface area contributed by atoms with Crippen molar-refractivity contribution in [3.8, 4) is 0 Å². The van der Waals surface area contributed by atoms with E-state index in [1.807, 2.05) is 49.4 Å². The first-order chi connectivity index (χ1) is 12.4. The summed E-state index contributed by atoms with van der Waals surface area (Å²) in [4.78, 5) is 2.39. The second-order valence-electron chi connectivity index (χ2n) is 7.80. The fraction of sp³-hybridized carbons (Fsp3) is 0.500. The summed E-state index contributed by atoms with van der Waals surface area (Å²) in [6.45, 7) is 6.02. The van der Waals surface area contributed by atoms with E-state index >= 15 is 0 Å². The van der Waals surface area contributed by atoms with E-state index in [-0.39, 0.29) is 11.2 Å². The van der Waals surface area contributed by atoms with Crippen LogP contribution in [-0.2, 0) is 22.3 Å². The van der Waals surface area contributed by atoms with Gasteiger partial charge in [0.15, 0.2) is 0 Å². The zero-order valence-electron chi connectivity index (χ0n) is 15.2. The molecule has 5 nitrogen and oxygen atoms in total. The summed E-state index contributed by atoms with van der Waals surface area (Å²) in [5, 5.41) is 0. The summed E-state index contributed by atoms with van der Waals surface area (Å²) in [5.74, 6) is 2.03. The number of rotatable bonds is 5. The van der Waals surface area contributed by atoms with Crippen LogP contribution < -0.4 is 0 Å². The van der Waals surface area contributed by atoms with Gasteiger partial charge in [-0.15, -0.1) is 0 Å². The first-order valence-electron chi connectivity index (χ1n) is 9.24. The Bertz CT molecular complexity index is 862. The maximum Gasteiger partial charge on any atom is 0.218 e. The highest BCUT2D eigenvalue weighted by Crippen LogP contribution is 2.41. The van der Waals surface area contributed by atoms with Crippen molar-refractivity contribution in [1.29, 1.82) is 0 Å². The van der Waals surface area contributed by atoms with Gasteiger partial charge < -0.3 is 4.42 Å². The Morgan fingerprint density at radius 2 is 1.81 bits per heavy atom. The summed E-state index contributed by atoms with van der Waals surface area (Å²) >= 11 is 0. The Morgan fingerprint density at radius 1 is 1.04 bits per heavy atom. The van der Waals surface area contributed by atoms with Crippen molar-refractivity contribution in [2.45, 2.75) is 32.1 Å². The van der Waals surface area contributed by atoms with Crippen molar-refractivity contribution in [2.75, 3.05) is 26.2 Å². The van der Waals surface area contributed by atoms with Gasteiger partial charge in [0.05, 0.1) is 12.3 Å². The molecule has 0 N–H and O–H groups in total. The van der Waals surface area contributed by atoms with Crippen molar-refractivity contribution in [3.63, 3.8) is 0 Å². The molecule has 2 fully saturated rings. The molecule has 0 unspecified atom stereocenters. The van der Waals surface area contributed by atoms with Crippen LogP contribution in [-0.4, -0.2) is 43.8 Å². The van der Waals surface area contributed by atoms with Crippen LogP contribution >= 0.6 is 0 Å². The fourth-order valence-electron chi connectivity index (χ4n) is 4.29. The number of nitrogens with zero attached hydrogens (tertiary/aromatic N) is 2. The van der Waals surface area contributed by atoms with Crippen LogP contribution in [0.3, 0.4) is 0 Å². The van der Waals surface area contributed by atoms with Crippen LogP contribution in [0.15, 0.2) is 46.9 Å². The molecule has 2 aliphatic heterocycles. The third-order valence-electron chi connectivity index (χ3n) is 5.68. The lowest BCUT2D eigenvalue weighted by Gasteiger charge is -2.24.